The van der Waals surface area contributed by atoms with E-state index in [1.165, 1.54) is 46.9 Å². The number of halogens is 3. The van der Waals surface area contributed by atoms with Crippen molar-refractivity contribution in [1.29, 1.82) is 0 Å². The molecule has 10 heteroatoms. The highest BCUT2D eigenvalue weighted by molar-refractivity contribution is 7.93. The third-order valence-electron chi connectivity index (χ3n) is 2.75. The van der Waals surface area contributed by atoms with Crippen LogP contribution in [0.5, 0.6) is 0 Å². The number of thiazole rings is 1. The predicted molar refractivity (Wildman–Crippen MR) is 97.7 cm³/mol. The van der Waals surface area contributed by atoms with Crippen LogP contribution in [0.3, 0.4) is 0 Å². The highest BCUT2D eigenvalue weighted by Crippen LogP contribution is 2.38. The second-order valence-corrected chi connectivity index (χ2v) is 9.37. The largest absolute Gasteiger partial charge is 0.263 e. The molecule has 120 valence electrons. The minimum absolute atomic E-state index is 0.112. The van der Waals surface area contributed by atoms with Crippen LogP contribution in [-0.2, 0) is 10.0 Å². The van der Waals surface area contributed by atoms with Gasteiger partial charge in [-0.05, 0) is 30.3 Å². The zero-order valence-corrected chi connectivity index (χ0v) is 15.8. The van der Waals surface area contributed by atoms with Gasteiger partial charge < -0.3 is 0 Å². The standard InChI is InChI=1S/C13H7Cl3N2O2S3/c14-7-1-3-8(4-2-7)23(19,20)18-13-17-10(6-21-13)11-5-9(15)12(16)22-11/h1-6H,(H,17,18). The number of anilines is 1. The molecular formula is C13H7Cl3N2O2S3. The van der Waals surface area contributed by atoms with Crippen molar-refractivity contribution < 1.29 is 8.42 Å². The van der Waals surface area contributed by atoms with Gasteiger partial charge in [0.05, 0.1) is 20.5 Å². The summed E-state index contributed by atoms with van der Waals surface area (Å²) in [6.45, 7) is 0. The minimum atomic E-state index is -3.71. The van der Waals surface area contributed by atoms with Crippen LogP contribution in [0, 0.1) is 0 Å². The predicted octanol–water partition coefficient (Wildman–Crippen LogP) is 5.63. The van der Waals surface area contributed by atoms with Gasteiger partial charge in [0, 0.05) is 10.4 Å². The zero-order chi connectivity index (χ0) is 16.6. The molecule has 0 saturated heterocycles. The molecule has 3 aromatic rings. The van der Waals surface area contributed by atoms with E-state index in [9.17, 15) is 8.42 Å². The monoisotopic (exact) mass is 424 g/mol. The van der Waals surface area contributed by atoms with E-state index in [1.54, 1.807) is 11.4 Å². The normalized spacial score (nSPS) is 11.6. The van der Waals surface area contributed by atoms with Crippen molar-refractivity contribution in [1.82, 2.24) is 4.98 Å². The fourth-order valence-electron chi connectivity index (χ4n) is 1.69. The molecular weight excluding hydrogens is 419 g/mol. The van der Waals surface area contributed by atoms with Crippen molar-refractivity contribution in [2.45, 2.75) is 4.90 Å². The molecule has 0 bridgehead atoms. The molecule has 0 radical (unpaired) electrons. The molecule has 3 rings (SSSR count). The number of nitrogens with one attached hydrogen (secondary N) is 1. The lowest BCUT2D eigenvalue weighted by atomic mass is 10.4. The van der Waals surface area contributed by atoms with Gasteiger partial charge in [0.2, 0.25) is 0 Å². The van der Waals surface area contributed by atoms with Gasteiger partial charge in [-0.15, -0.1) is 22.7 Å². The Morgan fingerprint density at radius 2 is 1.78 bits per heavy atom. The van der Waals surface area contributed by atoms with Crippen LogP contribution in [0.1, 0.15) is 0 Å². The Morgan fingerprint density at radius 1 is 1.09 bits per heavy atom. The van der Waals surface area contributed by atoms with Gasteiger partial charge in [-0.3, -0.25) is 4.72 Å². The van der Waals surface area contributed by atoms with Gasteiger partial charge in [-0.25, -0.2) is 13.4 Å². The number of benzene rings is 1. The number of sulfonamides is 1. The van der Waals surface area contributed by atoms with Crippen LogP contribution in [-0.4, -0.2) is 13.4 Å². The average Bonchev–Trinajstić information content (AvgIpc) is 3.06. The summed E-state index contributed by atoms with van der Waals surface area (Å²) in [5.41, 5.74) is 0.614. The van der Waals surface area contributed by atoms with Crippen molar-refractivity contribution >= 4 is 72.6 Å². The number of hydrogen-bond acceptors (Lipinski definition) is 5. The molecule has 2 heterocycles. The molecule has 0 amide bonds. The molecule has 0 aliphatic rings. The topological polar surface area (TPSA) is 59.1 Å². The fourth-order valence-corrected chi connectivity index (χ4v) is 5.19. The van der Waals surface area contributed by atoms with Crippen LogP contribution >= 0.6 is 57.5 Å². The molecule has 0 aliphatic heterocycles. The summed E-state index contributed by atoms with van der Waals surface area (Å²) in [6, 6.07) is 7.58. The molecule has 0 aliphatic carbocycles. The summed E-state index contributed by atoms with van der Waals surface area (Å²) < 4.78 is 27.5. The van der Waals surface area contributed by atoms with Crippen LogP contribution in [0.4, 0.5) is 5.13 Å². The van der Waals surface area contributed by atoms with Gasteiger partial charge in [-0.2, -0.15) is 0 Å². The van der Waals surface area contributed by atoms with Crippen LogP contribution in [0.2, 0.25) is 14.4 Å². The summed E-state index contributed by atoms with van der Waals surface area (Å²) >= 11 is 20.1. The maximum Gasteiger partial charge on any atom is 0.263 e. The highest BCUT2D eigenvalue weighted by Gasteiger charge is 2.17. The van der Waals surface area contributed by atoms with E-state index in [4.69, 9.17) is 34.8 Å². The maximum absolute atomic E-state index is 12.3. The van der Waals surface area contributed by atoms with E-state index >= 15 is 0 Å². The van der Waals surface area contributed by atoms with Crippen LogP contribution < -0.4 is 4.72 Å². The van der Waals surface area contributed by atoms with E-state index in [0.29, 0.717) is 20.1 Å². The molecule has 2 aromatic heterocycles. The first-order valence-corrected chi connectivity index (χ1v) is 10.4. The van der Waals surface area contributed by atoms with E-state index in [1.807, 2.05) is 0 Å². The molecule has 0 fully saturated rings. The fraction of sp³-hybridized carbons (Fsp3) is 0. The lowest BCUT2D eigenvalue weighted by Crippen LogP contribution is -2.12. The van der Waals surface area contributed by atoms with Crippen molar-refractivity contribution in [3.05, 3.63) is 50.1 Å². The lowest BCUT2D eigenvalue weighted by Gasteiger charge is -2.04. The quantitative estimate of drug-likeness (QED) is 0.589. The van der Waals surface area contributed by atoms with Gasteiger partial charge in [0.15, 0.2) is 5.13 Å². The highest BCUT2D eigenvalue weighted by atomic mass is 35.5. The van der Waals surface area contributed by atoms with Gasteiger partial charge in [0.1, 0.15) is 4.34 Å². The van der Waals surface area contributed by atoms with E-state index < -0.39 is 10.0 Å². The van der Waals surface area contributed by atoms with Crippen LogP contribution in [0.15, 0.2) is 40.6 Å². The van der Waals surface area contributed by atoms with Crippen molar-refractivity contribution in [3.8, 4) is 10.6 Å². The summed E-state index contributed by atoms with van der Waals surface area (Å²) in [5, 5.41) is 2.91. The van der Waals surface area contributed by atoms with E-state index in [0.717, 1.165) is 4.88 Å². The Morgan fingerprint density at radius 3 is 2.39 bits per heavy atom. The third-order valence-corrected chi connectivity index (χ3v) is 7.13. The van der Waals surface area contributed by atoms with Crippen molar-refractivity contribution in [3.63, 3.8) is 0 Å². The Hall–Kier alpha value is -0.830. The first kappa shape index (κ1) is 17.0. The van der Waals surface area contributed by atoms with Crippen LogP contribution in [0.25, 0.3) is 10.6 Å². The molecule has 0 spiro atoms. The first-order valence-electron chi connectivity index (χ1n) is 6.04. The SMILES string of the molecule is O=S(=O)(Nc1nc(-c2cc(Cl)c(Cl)s2)cs1)c1ccc(Cl)cc1. The van der Waals surface area contributed by atoms with E-state index in [-0.39, 0.29) is 10.0 Å². The van der Waals surface area contributed by atoms with Crippen molar-refractivity contribution in [2.24, 2.45) is 0 Å². The van der Waals surface area contributed by atoms with Gasteiger partial charge in [0.25, 0.3) is 10.0 Å². The summed E-state index contributed by atoms with van der Waals surface area (Å²) in [5.74, 6) is 0. The van der Waals surface area contributed by atoms with Gasteiger partial charge in [-0.1, -0.05) is 34.8 Å². The number of thiophene rings is 1. The molecule has 1 N–H and O–H groups in total. The summed E-state index contributed by atoms with van der Waals surface area (Å²) in [6.07, 6.45) is 0. The molecule has 4 nitrogen and oxygen atoms in total. The molecule has 0 saturated carbocycles. The van der Waals surface area contributed by atoms with Gasteiger partial charge >= 0.3 is 0 Å². The minimum Gasteiger partial charge on any atom is -0.255 e. The Balaban J connectivity index is 1.85. The Kier molecular flexibility index (Phi) is 4.87. The first-order chi connectivity index (χ1) is 10.8. The second-order valence-electron chi connectivity index (χ2n) is 4.33. The number of hydrogen-bond donors (Lipinski definition) is 1. The van der Waals surface area contributed by atoms with Crippen molar-refractivity contribution in [2.75, 3.05) is 4.72 Å². The average molecular weight is 426 g/mol. The molecule has 0 unspecified atom stereocenters. The molecule has 0 atom stereocenters. The molecule has 23 heavy (non-hydrogen) atoms. The lowest BCUT2D eigenvalue weighted by molar-refractivity contribution is 0.601. The Bertz CT molecular complexity index is 930. The zero-order valence-electron chi connectivity index (χ0n) is 11.1. The smallest absolute Gasteiger partial charge is 0.255 e. The Labute approximate surface area is 155 Å². The second kappa shape index (κ2) is 6.58. The molecule has 1 aromatic carbocycles. The van der Waals surface area contributed by atoms with E-state index in [2.05, 4.69) is 9.71 Å². The third kappa shape index (κ3) is 3.81. The summed E-state index contributed by atoms with van der Waals surface area (Å²) in [4.78, 5) is 5.14. The summed E-state index contributed by atoms with van der Waals surface area (Å²) in [7, 11) is -3.71. The maximum atomic E-state index is 12.3. The number of nitrogens with zero attached hydrogens (tertiary/aromatic N) is 1. The number of rotatable bonds is 4. The number of aromatic nitrogens is 1.